The third-order valence-electron chi connectivity index (χ3n) is 5.45. The average molecular weight is 392 g/mol. The number of rotatable bonds is 4. The molecule has 146 valence electrons. The Labute approximate surface area is 175 Å². The molecule has 0 spiro atoms. The summed E-state index contributed by atoms with van der Waals surface area (Å²) in [5.74, 6) is -0.282. The molecule has 4 heteroatoms. The largest absolute Gasteiger partial charge is 0.385 e. The molecule has 4 nitrogen and oxygen atoms in total. The van der Waals surface area contributed by atoms with E-state index in [4.69, 9.17) is 4.98 Å². The highest BCUT2D eigenvalue weighted by molar-refractivity contribution is 6.06. The van der Waals surface area contributed by atoms with E-state index in [2.05, 4.69) is 35.0 Å². The normalized spacial score (nSPS) is 15.2. The minimum Gasteiger partial charge on any atom is -0.385 e. The summed E-state index contributed by atoms with van der Waals surface area (Å²) in [6, 6.07) is 26.1. The summed E-state index contributed by atoms with van der Waals surface area (Å²) >= 11 is 0. The smallest absolute Gasteiger partial charge is 0.241 e. The highest BCUT2D eigenvalue weighted by Gasteiger charge is 2.34. The predicted molar refractivity (Wildman–Crippen MR) is 120 cm³/mol. The van der Waals surface area contributed by atoms with Crippen LogP contribution in [0.3, 0.4) is 0 Å². The maximum absolute atomic E-state index is 13.5. The second-order valence-electron chi connectivity index (χ2n) is 7.36. The lowest BCUT2D eigenvalue weighted by Gasteiger charge is -2.18. The number of anilines is 1. The van der Waals surface area contributed by atoms with Gasteiger partial charge >= 0.3 is 0 Å². The Hall–Kier alpha value is -3.79. The fourth-order valence-electron chi connectivity index (χ4n) is 4.06. The average Bonchev–Trinajstić information content (AvgIpc) is 2.79. The topological polar surface area (TPSA) is 45.9 Å². The number of nitrogens with zero attached hydrogens (tertiary/aromatic N) is 2. The number of aromatic nitrogens is 2. The summed E-state index contributed by atoms with van der Waals surface area (Å²) in [6.07, 6.45) is 4.02. The first-order valence-corrected chi connectivity index (χ1v) is 10.2. The molecule has 1 aromatic heterocycles. The number of carbonyl (C=O) groups excluding carboxylic acids is 1. The van der Waals surface area contributed by atoms with Gasteiger partial charge in [0.25, 0.3) is 0 Å². The Kier molecular flexibility index (Phi) is 4.60. The highest BCUT2D eigenvalue weighted by atomic mass is 16.1. The second-order valence-corrected chi connectivity index (χ2v) is 7.36. The van der Waals surface area contributed by atoms with Gasteiger partial charge in [-0.15, -0.1) is 4.57 Å². The van der Waals surface area contributed by atoms with Gasteiger partial charge in [0.15, 0.2) is 11.5 Å². The number of ketones is 1. The van der Waals surface area contributed by atoms with E-state index in [0.29, 0.717) is 5.69 Å². The Morgan fingerprint density at radius 1 is 0.967 bits per heavy atom. The van der Waals surface area contributed by atoms with Gasteiger partial charge in [0, 0.05) is 36.5 Å². The fraction of sp³-hybridized carbons (Fsp3) is 0.115. The van der Waals surface area contributed by atoms with E-state index in [1.165, 1.54) is 0 Å². The molecule has 0 fully saturated rings. The fourth-order valence-corrected chi connectivity index (χ4v) is 4.06. The maximum Gasteiger partial charge on any atom is 0.241 e. The molecule has 0 radical (unpaired) electrons. The summed E-state index contributed by atoms with van der Waals surface area (Å²) in [4.78, 5) is 18.3. The molecule has 0 aliphatic heterocycles. The maximum atomic E-state index is 13.5. The summed E-state index contributed by atoms with van der Waals surface area (Å²) in [7, 11) is 0. The first-order chi connectivity index (χ1) is 14.8. The van der Waals surface area contributed by atoms with E-state index < -0.39 is 0 Å². The minimum absolute atomic E-state index is 0.0287. The molecule has 1 aliphatic carbocycles. The number of fused-ring (bicyclic) bond motifs is 2. The lowest BCUT2D eigenvalue weighted by atomic mass is 9.88. The van der Waals surface area contributed by atoms with Crippen molar-refractivity contribution < 1.29 is 9.36 Å². The van der Waals surface area contributed by atoms with Crippen LogP contribution in [0.2, 0.25) is 0 Å². The zero-order chi connectivity index (χ0) is 20.5. The monoisotopic (exact) mass is 392 g/mol. The molecule has 0 amide bonds. The number of benzene rings is 3. The molecule has 0 saturated heterocycles. The van der Waals surface area contributed by atoms with Gasteiger partial charge in [0.2, 0.25) is 16.9 Å². The SMILES string of the molecule is CCNc1ccc2nc3c([n+](-c4ccccc4)c2c1)C=CC(c1ccccc1)C3=O. The molecule has 3 aromatic carbocycles. The van der Waals surface area contributed by atoms with E-state index in [0.717, 1.165) is 40.2 Å². The molecule has 4 aromatic rings. The van der Waals surface area contributed by atoms with Crippen molar-refractivity contribution in [2.75, 3.05) is 11.9 Å². The summed E-state index contributed by atoms with van der Waals surface area (Å²) < 4.78 is 2.13. The van der Waals surface area contributed by atoms with Crippen molar-refractivity contribution in [2.24, 2.45) is 0 Å². The molecule has 1 unspecified atom stereocenters. The number of nitrogens with one attached hydrogen (secondary N) is 1. The molecule has 1 N–H and O–H groups in total. The van der Waals surface area contributed by atoms with Gasteiger partial charge in [0.1, 0.15) is 5.52 Å². The van der Waals surface area contributed by atoms with Crippen LogP contribution in [0.1, 0.15) is 34.6 Å². The van der Waals surface area contributed by atoms with Crippen LogP contribution in [0, 0.1) is 0 Å². The van der Waals surface area contributed by atoms with Crippen molar-refractivity contribution in [2.45, 2.75) is 12.8 Å². The predicted octanol–water partition coefficient (Wildman–Crippen LogP) is 4.94. The van der Waals surface area contributed by atoms with Crippen LogP contribution in [0.4, 0.5) is 5.69 Å². The van der Waals surface area contributed by atoms with Crippen molar-refractivity contribution in [1.82, 2.24) is 4.98 Å². The summed E-state index contributed by atoms with van der Waals surface area (Å²) in [5, 5.41) is 3.37. The Balaban J connectivity index is 1.76. The van der Waals surface area contributed by atoms with E-state index in [1.807, 2.05) is 72.8 Å². The van der Waals surface area contributed by atoms with Crippen molar-refractivity contribution >= 4 is 28.6 Å². The summed E-state index contributed by atoms with van der Waals surface area (Å²) in [6.45, 7) is 2.91. The van der Waals surface area contributed by atoms with Crippen LogP contribution in [0.25, 0.3) is 22.8 Å². The molecule has 1 atom stereocenters. The summed E-state index contributed by atoms with van der Waals surface area (Å²) in [5.41, 5.74) is 6.12. The van der Waals surface area contributed by atoms with E-state index >= 15 is 0 Å². The number of carbonyl (C=O) groups is 1. The van der Waals surface area contributed by atoms with Crippen LogP contribution in [0.15, 0.2) is 84.9 Å². The van der Waals surface area contributed by atoms with Gasteiger partial charge in [0.05, 0.1) is 5.92 Å². The highest BCUT2D eigenvalue weighted by Crippen LogP contribution is 2.30. The zero-order valence-electron chi connectivity index (χ0n) is 16.7. The second kappa shape index (κ2) is 7.56. The third-order valence-corrected chi connectivity index (χ3v) is 5.45. The molecule has 0 bridgehead atoms. The molecule has 5 rings (SSSR count). The van der Waals surface area contributed by atoms with Crippen LogP contribution in [-0.2, 0) is 0 Å². The first kappa shape index (κ1) is 18.3. The van der Waals surface area contributed by atoms with Gasteiger partial charge in [-0.2, -0.15) is 0 Å². The standard InChI is InChI=1S/C26H21N3O/c1-2-27-19-13-15-22-24(17-19)29(20-11-7-4-8-12-20)23-16-14-21(26(30)25(23)28-22)18-9-5-3-6-10-18/h3-17,21H,2H2,1H3/p+1. The lowest BCUT2D eigenvalue weighted by molar-refractivity contribution is -0.570. The minimum atomic E-state index is -0.311. The van der Waals surface area contributed by atoms with Crippen molar-refractivity contribution in [1.29, 1.82) is 0 Å². The van der Waals surface area contributed by atoms with Crippen LogP contribution in [-0.4, -0.2) is 17.3 Å². The van der Waals surface area contributed by atoms with Crippen molar-refractivity contribution in [3.8, 4) is 5.69 Å². The molecule has 30 heavy (non-hydrogen) atoms. The van der Waals surface area contributed by atoms with Gasteiger partial charge in [-0.25, -0.2) is 4.98 Å². The molecular weight excluding hydrogens is 370 g/mol. The molecule has 1 heterocycles. The van der Waals surface area contributed by atoms with Crippen LogP contribution >= 0.6 is 0 Å². The van der Waals surface area contributed by atoms with Crippen molar-refractivity contribution in [3.05, 3.63) is 102 Å². The Morgan fingerprint density at radius 2 is 1.70 bits per heavy atom. The van der Waals surface area contributed by atoms with Gasteiger partial charge in [-0.1, -0.05) is 54.6 Å². The Bertz CT molecular complexity index is 1260. The van der Waals surface area contributed by atoms with Gasteiger partial charge < -0.3 is 5.32 Å². The number of hydrogen-bond donors (Lipinski definition) is 1. The van der Waals surface area contributed by atoms with Crippen LogP contribution < -0.4 is 9.88 Å². The molecule has 0 saturated carbocycles. The quantitative estimate of drug-likeness (QED) is 0.501. The number of Topliss-reactive ketones (excluding diaryl/α,β-unsaturated/α-hetero) is 1. The van der Waals surface area contributed by atoms with Gasteiger partial charge in [-0.3, -0.25) is 4.79 Å². The van der Waals surface area contributed by atoms with E-state index in [1.54, 1.807) is 0 Å². The number of allylic oxidation sites excluding steroid dienone is 1. The number of hydrogen-bond acceptors (Lipinski definition) is 3. The van der Waals surface area contributed by atoms with E-state index in [9.17, 15) is 4.79 Å². The zero-order valence-corrected chi connectivity index (χ0v) is 16.7. The van der Waals surface area contributed by atoms with E-state index in [-0.39, 0.29) is 11.7 Å². The first-order valence-electron chi connectivity index (χ1n) is 10.2. The van der Waals surface area contributed by atoms with Crippen molar-refractivity contribution in [3.63, 3.8) is 0 Å². The molecule has 1 aliphatic rings. The Morgan fingerprint density at radius 3 is 2.43 bits per heavy atom. The van der Waals surface area contributed by atoms with Crippen LogP contribution in [0.5, 0.6) is 0 Å². The third kappa shape index (κ3) is 3.07. The lowest BCUT2D eigenvalue weighted by Crippen LogP contribution is -2.39. The number of para-hydroxylation sites is 1. The molecular formula is C26H22N3O+. The van der Waals surface area contributed by atoms with Gasteiger partial charge in [-0.05, 0) is 24.6 Å².